The molecule has 0 unspecified atom stereocenters. The second-order valence-electron chi connectivity index (χ2n) is 6.60. The van der Waals surface area contributed by atoms with Gasteiger partial charge in [0.05, 0.1) is 17.7 Å². The lowest BCUT2D eigenvalue weighted by Crippen LogP contribution is -2.32. The van der Waals surface area contributed by atoms with Gasteiger partial charge in [-0.2, -0.15) is 0 Å². The zero-order chi connectivity index (χ0) is 16.9. The Bertz CT molecular complexity index is 549. The Morgan fingerprint density at radius 1 is 1.13 bits per heavy atom. The maximum Gasteiger partial charge on any atom is 0.250 e. The lowest BCUT2D eigenvalue weighted by atomic mass is 9.90. The fourth-order valence-electron chi connectivity index (χ4n) is 2.53. The number of nitrogens with zero attached hydrogens (tertiary/aromatic N) is 1. The van der Waals surface area contributed by atoms with Gasteiger partial charge in [-0.1, -0.05) is 39.2 Å². The van der Waals surface area contributed by atoms with Crippen LogP contribution in [-0.2, 0) is 4.79 Å². The van der Waals surface area contributed by atoms with Crippen LogP contribution in [0.3, 0.4) is 0 Å². The summed E-state index contributed by atoms with van der Waals surface area (Å²) < 4.78 is 5.76. The number of hydrogen-bond acceptors (Lipinski definition) is 3. The van der Waals surface area contributed by atoms with Gasteiger partial charge in [0.25, 0.3) is 0 Å². The van der Waals surface area contributed by atoms with E-state index in [0.717, 1.165) is 30.2 Å². The zero-order valence-corrected chi connectivity index (χ0v) is 14.5. The van der Waals surface area contributed by atoms with Crippen LogP contribution in [-0.4, -0.2) is 12.5 Å². The van der Waals surface area contributed by atoms with E-state index in [-0.39, 0.29) is 5.91 Å². The zero-order valence-electron chi connectivity index (χ0n) is 14.5. The van der Waals surface area contributed by atoms with Crippen molar-refractivity contribution in [3.8, 4) is 5.75 Å². The number of hydrazine groups is 1. The molecule has 126 valence electrons. The van der Waals surface area contributed by atoms with Crippen LogP contribution in [0, 0.1) is 5.41 Å². The number of carbonyl (C=O) groups excluding carboxylic acids is 1. The van der Waals surface area contributed by atoms with Crippen molar-refractivity contribution >= 4 is 11.6 Å². The molecule has 1 aliphatic heterocycles. The predicted octanol–water partition coefficient (Wildman–Crippen LogP) is 4.43. The number of hydrogen-bond donors (Lipinski definition) is 1. The van der Waals surface area contributed by atoms with Crippen molar-refractivity contribution in [2.24, 2.45) is 5.41 Å². The molecule has 1 aliphatic rings. The summed E-state index contributed by atoms with van der Waals surface area (Å²) in [5.41, 5.74) is 3.93. The Balaban J connectivity index is 1.86. The van der Waals surface area contributed by atoms with Crippen LogP contribution in [0.15, 0.2) is 36.5 Å². The molecule has 4 nitrogen and oxygen atoms in total. The lowest BCUT2D eigenvalue weighted by molar-refractivity contribution is -0.125. The minimum atomic E-state index is -0.576. The minimum Gasteiger partial charge on any atom is -0.494 e. The van der Waals surface area contributed by atoms with Crippen molar-refractivity contribution in [3.05, 3.63) is 36.5 Å². The average Bonchev–Trinajstić information content (AvgIpc) is 2.74. The van der Waals surface area contributed by atoms with Crippen LogP contribution in [0.1, 0.15) is 52.9 Å². The van der Waals surface area contributed by atoms with Gasteiger partial charge in [0.2, 0.25) is 5.91 Å². The first kappa shape index (κ1) is 17.4. The average molecular weight is 316 g/mol. The van der Waals surface area contributed by atoms with E-state index in [1.54, 1.807) is 5.01 Å². The molecule has 1 aromatic rings. The largest absolute Gasteiger partial charge is 0.494 e. The first-order chi connectivity index (χ1) is 11.0. The molecule has 0 aromatic heterocycles. The molecule has 0 radical (unpaired) electrons. The Labute approximate surface area is 139 Å². The Hall–Kier alpha value is -1.97. The molecule has 1 aromatic carbocycles. The lowest BCUT2D eigenvalue weighted by Gasteiger charge is -2.21. The van der Waals surface area contributed by atoms with Gasteiger partial charge in [0.1, 0.15) is 5.75 Å². The molecule has 1 saturated heterocycles. The first-order valence-corrected chi connectivity index (χ1v) is 8.50. The summed E-state index contributed by atoms with van der Waals surface area (Å²) in [7, 11) is 0. The van der Waals surface area contributed by atoms with Crippen molar-refractivity contribution in [2.45, 2.75) is 52.9 Å². The van der Waals surface area contributed by atoms with E-state index in [9.17, 15) is 4.79 Å². The van der Waals surface area contributed by atoms with E-state index in [1.165, 1.54) is 25.7 Å². The van der Waals surface area contributed by atoms with Crippen molar-refractivity contribution in [1.29, 1.82) is 0 Å². The third-order valence-corrected chi connectivity index (χ3v) is 4.38. The predicted molar refractivity (Wildman–Crippen MR) is 94.2 cm³/mol. The number of unbranched alkanes of at least 4 members (excludes halogenated alkanes) is 4. The second kappa shape index (κ2) is 7.53. The van der Waals surface area contributed by atoms with Gasteiger partial charge in [-0.05, 0) is 44.5 Å². The molecular formula is C19H28N2O2. The van der Waals surface area contributed by atoms with E-state index in [4.69, 9.17) is 4.74 Å². The third kappa shape index (κ3) is 4.06. The highest BCUT2D eigenvalue weighted by Crippen LogP contribution is 2.36. The van der Waals surface area contributed by atoms with Gasteiger partial charge in [0, 0.05) is 5.70 Å². The van der Waals surface area contributed by atoms with Gasteiger partial charge >= 0.3 is 0 Å². The Morgan fingerprint density at radius 3 is 2.35 bits per heavy atom. The van der Waals surface area contributed by atoms with E-state index < -0.39 is 5.41 Å². The molecule has 23 heavy (non-hydrogen) atoms. The summed E-state index contributed by atoms with van der Waals surface area (Å²) in [4.78, 5) is 12.0. The summed E-state index contributed by atoms with van der Waals surface area (Å²) in [6, 6.07) is 7.76. The fourth-order valence-corrected chi connectivity index (χ4v) is 2.53. The van der Waals surface area contributed by atoms with Crippen LogP contribution in [0.5, 0.6) is 5.75 Å². The molecule has 2 rings (SSSR count). The van der Waals surface area contributed by atoms with Crippen molar-refractivity contribution in [1.82, 2.24) is 5.43 Å². The molecule has 1 amide bonds. The van der Waals surface area contributed by atoms with E-state index in [0.29, 0.717) is 0 Å². The monoisotopic (exact) mass is 316 g/mol. The normalized spacial score (nSPS) is 16.6. The van der Waals surface area contributed by atoms with Crippen LogP contribution in [0.25, 0.3) is 0 Å². The Morgan fingerprint density at radius 2 is 1.78 bits per heavy atom. The van der Waals surface area contributed by atoms with Gasteiger partial charge in [0.15, 0.2) is 0 Å². The molecule has 0 atom stereocenters. The summed E-state index contributed by atoms with van der Waals surface area (Å²) in [6.45, 7) is 10.8. The highest BCUT2D eigenvalue weighted by molar-refractivity contribution is 5.92. The molecule has 1 fully saturated rings. The summed E-state index contributed by atoms with van der Waals surface area (Å²) >= 11 is 0. The van der Waals surface area contributed by atoms with E-state index >= 15 is 0 Å². The SMILES string of the molecule is C=C1N(c2ccc(OCCCCCCC)cc2)NC(=O)C1(C)C. The number of rotatable bonds is 8. The van der Waals surface area contributed by atoms with Crippen LogP contribution < -0.4 is 15.2 Å². The van der Waals surface area contributed by atoms with Gasteiger partial charge < -0.3 is 4.74 Å². The summed E-state index contributed by atoms with van der Waals surface area (Å²) in [6.07, 6.45) is 6.16. The highest BCUT2D eigenvalue weighted by Gasteiger charge is 2.42. The van der Waals surface area contributed by atoms with Gasteiger partial charge in [-0.3, -0.25) is 15.2 Å². The topological polar surface area (TPSA) is 41.6 Å². The second-order valence-corrected chi connectivity index (χ2v) is 6.60. The number of amides is 1. The maximum absolute atomic E-state index is 12.0. The molecule has 1 heterocycles. The molecular weight excluding hydrogens is 288 g/mol. The minimum absolute atomic E-state index is 0.0325. The summed E-state index contributed by atoms with van der Waals surface area (Å²) in [5.74, 6) is 0.828. The number of ether oxygens (including phenoxy) is 1. The van der Waals surface area contributed by atoms with E-state index in [2.05, 4.69) is 18.9 Å². The third-order valence-electron chi connectivity index (χ3n) is 4.38. The van der Waals surface area contributed by atoms with Gasteiger partial charge in [-0.25, -0.2) is 0 Å². The molecule has 0 spiro atoms. The van der Waals surface area contributed by atoms with Crippen LogP contribution in [0.2, 0.25) is 0 Å². The standard InChI is InChI=1S/C19H28N2O2/c1-5-6-7-8-9-14-23-17-12-10-16(11-13-17)21-15(2)19(3,4)18(22)20-21/h10-13H,2,5-9,14H2,1,3-4H3,(H,20,22). The number of anilines is 1. The molecule has 0 bridgehead atoms. The van der Waals surface area contributed by atoms with Crippen LogP contribution in [0.4, 0.5) is 5.69 Å². The number of benzene rings is 1. The maximum atomic E-state index is 12.0. The first-order valence-electron chi connectivity index (χ1n) is 8.50. The highest BCUT2D eigenvalue weighted by atomic mass is 16.5. The van der Waals surface area contributed by atoms with Crippen molar-refractivity contribution < 1.29 is 9.53 Å². The van der Waals surface area contributed by atoms with Crippen LogP contribution >= 0.6 is 0 Å². The fraction of sp³-hybridized carbons (Fsp3) is 0.526. The molecule has 1 N–H and O–H groups in total. The Kier molecular flexibility index (Phi) is 5.69. The van der Waals surface area contributed by atoms with Gasteiger partial charge in [-0.15, -0.1) is 0 Å². The number of carbonyl (C=O) groups is 1. The molecule has 4 heteroatoms. The summed E-state index contributed by atoms with van der Waals surface area (Å²) in [5, 5.41) is 1.75. The van der Waals surface area contributed by atoms with Crippen molar-refractivity contribution in [3.63, 3.8) is 0 Å². The quantitative estimate of drug-likeness (QED) is 0.722. The van der Waals surface area contributed by atoms with Crippen molar-refractivity contribution in [2.75, 3.05) is 11.6 Å². The molecule has 0 saturated carbocycles. The number of nitrogens with one attached hydrogen (secondary N) is 1. The smallest absolute Gasteiger partial charge is 0.250 e. The van der Waals surface area contributed by atoms with E-state index in [1.807, 2.05) is 38.1 Å². The molecule has 0 aliphatic carbocycles.